The Hall–Kier alpha value is -1.94. The van der Waals surface area contributed by atoms with Gasteiger partial charge in [0.05, 0.1) is 13.2 Å². The maximum Gasteiger partial charge on any atom is 0.302 e. The van der Waals surface area contributed by atoms with Crippen LogP contribution in [0.1, 0.15) is 142 Å². The van der Waals surface area contributed by atoms with Gasteiger partial charge in [-0.3, -0.25) is 8.37 Å². The largest absolute Gasteiger partial charge is 0.456 e. The molecule has 0 atom stereocenters. The third-order valence-corrected chi connectivity index (χ3v) is 10.8. The van der Waals surface area contributed by atoms with E-state index in [1.807, 2.05) is 6.07 Å². The van der Waals surface area contributed by atoms with E-state index in [1.54, 1.807) is 24.3 Å². The summed E-state index contributed by atoms with van der Waals surface area (Å²) in [5, 5.41) is 0. The number of para-hydroxylation sites is 1. The van der Waals surface area contributed by atoms with Gasteiger partial charge in [-0.25, -0.2) is 0 Å². The van der Waals surface area contributed by atoms with Crippen LogP contribution in [0.4, 0.5) is 0 Å². The molecule has 45 heavy (non-hydrogen) atoms. The lowest BCUT2D eigenvalue weighted by Gasteiger charge is -2.16. The molecule has 0 unspecified atom stereocenters. The van der Waals surface area contributed by atoms with Gasteiger partial charge >= 0.3 is 10.1 Å². The maximum absolute atomic E-state index is 13.5. The fraction of sp³-hybridized carbons (Fsp3) is 0.667. The maximum atomic E-state index is 13.5. The van der Waals surface area contributed by atoms with Crippen molar-refractivity contribution in [3.63, 3.8) is 0 Å². The molecular weight excluding hydrogens is 609 g/mol. The van der Waals surface area contributed by atoms with Crippen molar-refractivity contribution >= 4 is 20.2 Å². The van der Waals surface area contributed by atoms with Crippen molar-refractivity contribution in [1.29, 1.82) is 0 Å². The van der Waals surface area contributed by atoms with E-state index in [1.165, 1.54) is 95.2 Å². The van der Waals surface area contributed by atoms with Crippen molar-refractivity contribution < 1.29 is 29.9 Å². The number of rotatable bonds is 28. The summed E-state index contributed by atoms with van der Waals surface area (Å²) >= 11 is 0. The van der Waals surface area contributed by atoms with Crippen LogP contribution in [-0.4, -0.2) is 30.0 Å². The normalized spacial score (nSPS) is 12.0. The summed E-state index contributed by atoms with van der Waals surface area (Å²) in [6, 6.07) is 12.8. The molecule has 7 nitrogen and oxygen atoms in total. The third-order valence-electron chi connectivity index (χ3n) is 7.91. The molecule has 0 amide bonds. The van der Waals surface area contributed by atoms with E-state index in [4.69, 9.17) is 13.1 Å². The molecule has 2 aromatic rings. The fourth-order valence-corrected chi connectivity index (χ4v) is 8.05. The summed E-state index contributed by atoms with van der Waals surface area (Å²) < 4.78 is 70.3. The Kier molecular flexibility index (Phi) is 20.4. The molecule has 0 N–H and O–H groups in total. The predicted octanol–water partition coefficient (Wildman–Crippen LogP) is 10.7. The van der Waals surface area contributed by atoms with Crippen molar-refractivity contribution in [2.75, 3.05) is 13.2 Å². The monoisotopic (exact) mass is 666 g/mol. The van der Waals surface area contributed by atoms with E-state index in [-0.39, 0.29) is 19.0 Å². The third kappa shape index (κ3) is 16.4. The first-order chi connectivity index (χ1) is 21.8. The zero-order valence-electron chi connectivity index (χ0n) is 27.8. The van der Waals surface area contributed by atoms with Crippen LogP contribution in [-0.2, 0) is 28.6 Å². The molecule has 0 aliphatic heterocycles. The van der Waals surface area contributed by atoms with Crippen LogP contribution in [0.15, 0.2) is 58.3 Å². The molecule has 0 saturated carbocycles. The molecule has 0 saturated heterocycles. The van der Waals surface area contributed by atoms with Gasteiger partial charge in [0.1, 0.15) is 16.4 Å². The molecule has 0 fully saturated rings. The van der Waals surface area contributed by atoms with Gasteiger partial charge in [0.25, 0.3) is 10.1 Å². The Morgan fingerprint density at radius 1 is 0.467 bits per heavy atom. The molecule has 0 bridgehead atoms. The number of benzene rings is 2. The molecular formula is C36H58O7S2. The van der Waals surface area contributed by atoms with Gasteiger partial charge in [-0.2, -0.15) is 16.8 Å². The van der Waals surface area contributed by atoms with Crippen LogP contribution < -0.4 is 4.74 Å². The lowest BCUT2D eigenvalue weighted by molar-refractivity contribution is 0.296. The lowest BCUT2D eigenvalue weighted by atomic mass is 10.1. The van der Waals surface area contributed by atoms with Gasteiger partial charge in [-0.1, -0.05) is 154 Å². The molecule has 0 heterocycles. The standard InChI is InChI=1S/C36H58O7S2/c1-3-5-7-9-11-13-15-17-19-24-31-41-44(37,38)35-30-26-29-34(43-33-27-22-21-23-28-33)36(35)45(39,40)42-32-25-20-18-16-14-12-10-8-6-4-2/h21-23,26-30H,3-20,24-25,31-32H2,1-2H3. The van der Waals surface area contributed by atoms with E-state index in [2.05, 4.69) is 13.8 Å². The van der Waals surface area contributed by atoms with E-state index in [0.717, 1.165) is 38.5 Å². The van der Waals surface area contributed by atoms with Gasteiger partial charge in [-0.15, -0.1) is 0 Å². The summed E-state index contributed by atoms with van der Waals surface area (Å²) in [4.78, 5) is -0.991. The second-order valence-electron chi connectivity index (χ2n) is 11.9. The van der Waals surface area contributed by atoms with Crippen LogP contribution in [0.25, 0.3) is 0 Å². The van der Waals surface area contributed by atoms with Crippen LogP contribution >= 0.6 is 0 Å². The summed E-state index contributed by atoms with van der Waals surface area (Å²) in [6.07, 6.45) is 22.2. The Bertz CT molecular complexity index is 1250. The average Bonchev–Trinajstić information content (AvgIpc) is 3.03. The zero-order valence-corrected chi connectivity index (χ0v) is 29.5. The Morgan fingerprint density at radius 3 is 1.36 bits per heavy atom. The quantitative estimate of drug-likeness (QED) is 0.0658. The van der Waals surface area contributed by atoms with Gasteiger partial charge in [-0.05, 0) is 37.1 Å². The molecule has 2 aromatic carbocycles. The Morgan fingerprint density at radius 2 is 0.889 bits per heavy atom. The SMILES string of the molecule is CCCCCCCCCCCCOS(=O)(=O)c1cccc(Oc2ccccc2)c1S(=O)(=O)OCCCCCCCCCCCC. The second kappa shape index (κ2) is 23.4. The van der Waals surface area contributed by atoms with Gasteiger partial charge in [0, 0.05) is 0 Å². The molecule has 0 aliphatic carbocycles. The van der Waals surface area contributed by atoms with Crippen molar-refractivity contribution in [2.45, 2.75) is 152 Å². The summed E-state index contributed by atoms with van der Waals surface area (Å²) in [7, 11) is -8.87. The van der Waals surface area contributed by atoms with Gasteiger partial charge in [0.2, 0.25) is 0 Å². The molecule has 0 radical (unpaired) electrons. The molecule has 0 spiro atoms. The highest BCUT2D eigenvalue weighted by Crippen LogP contribution is 2.36. The number of unbranched alkanes of at least 4 members (excludes halogenated alkanes) is 18. The Balaban J connectivity index is 1.97. The summed E-state index contributed by atoms with van der Waals surface area (Å²) in [5.74, 6) is 0.261. The van der Waals surface area contributed by atoms with Gasteiger partial charge < -0.3 is 4.74 Å². The number of hydrogen-bond acceptors (Lipinski definition) is 7. The van der Waals surface area contributed by atoms with Crippen molar-refractivity contribution in [1.82, 2.24) is 0 Å². The molecule has 0 aliphatic rings. The van der Waals surface area contributed by atoms with E-state index in [9.17, 15) is 16.8 Å². The van der Waals surface area contributed by atoms with Gasteiger partial charge in [0.15, 0.2) is 4.90 Å². The first-order valence-electron chi connectivity index (χ1n) is 17.5. The zero-order chi connectivity index (χ0) is 32.6. The Labute approximate surface area is 274 Å². The van der Waals surface area contributed by atoms with Crippen molar-refractivity contribution in [3.8, 4) is 11.5 Å². The molecule has 0 aromatic heterocycles. The van der Waals surface area contributed by atoms with Crippen LogP contribution in [0, 0.1) is 0 Å². The minimum Gasteiger partial charge on any atom is -0.456 e. The number of hydrogen-bond donors (Lipinski definition) is 0. The fourth-order valence-electron chi connectivity index (χ4n) is 5.27. The van der Waals surface area contributed by atoms with Crippen LogP contribution in [0.2, 0.25) is 0 Å². The lowest BCUT2D eigenvalue weighted by Crippen LogP contribution is -2.16. The van der Waals surface area contributed by atoms with E-state index < -0.39 is 30.0 Å². The van der Waals surface area contributed by atoms with E-state index in [0.29, 0.717) is 18.6 Å². The second-order valence-corrected chi connectivity index (χ2v) is 15.1. The van der Waals surface area contributed by atoms with E-state index >= 15 is 0 Å². The topological polar surface area (TPSA) is 96.0 Å². The smallest absolute Gasteiger partial charge is 0.302 e. The highest BCUT2D eigenvalue weighted by Gasteiger charge is 2.32. The minimum absolute atomic E-state index is 0.0123. The summed E-state index contributed by atoms with van der Waals surface area (Å²) in [6.45, 7) is 4.38. The van der Waals surface area contributed by atoms with Crippen molar-refractivity contribution in [3.05, 3.63) is 48.5 Å². The first-order valence-corrected chi connectivity index (χ1v) is 20.3. The minimum atomic E-state index is -4.47. The van der Waals surface area contributed by atoms with Crippen molar-refractivity contribution in [2.24, 2.45) is 0 Å². The average molecular weight is 667 g/mol. The van der Waals surface area contributed by atoms with Crippen LogP contribution in [0.3, 0.4) is 0 Å². The summed E-state index contributed by atoms with van der Waals surface area (Å²) in [5.41, 5.74) is 0. The molecule has 2 rings (SSSR count). The predicted molar refractivity (Wildman–Crippen MR) is 183 cm³/mol. The highest BCUT2D eigenvalue weighted by molar-refractivity contribution is 7.90. The highest BCUT2D eigenvalue weighted by atomic mass is 32.2. The van der Waals surface area contributed by atoms with Crippen LogP contribution in [0.5, 0.6) is 11.5 Å². The molecule has 9 heteroatoms. The molecule has 256 valence electrons. The first kappa shape index (κ1) is 39.2. The number of ether oxygens (including phenoxy) is 1.